The van der Waals surface area contributed by atoms with Crippen molar-refractivity contribution >= 4 is 26.7 Å². The monoisotopic (exact) mass is 419 g/mol. The molecule has 2 aliphatic carbocycles. The van der Waals surface area contributed by atoms with E-state index in [1.807, 2.05) is 19.3 Å². The van der Waals surface area contributed by atoms with Crippen LogP contribution in [0, 0.1) is 5.92 Å². The number of hydrogen-bond donors (Lipinski definition) is 1. The molecule has 3 fully saturated rings. The Morgan fingerprint density at radius 2 is 2.00 bits per heavy atom. The number of nitrogens with zero attached hydrogens (tertiary/aromatic N) is 4. The van der Waals surface area contributed by atoms with Gasteiger partial charge in [-0.15, -0.1) is 0 Å². The van der Waals surface area contributed by atoms with Crippen molar-refractivity contribution in [3.8, 4) is 0 Å². The zero-order valence-electron chi connectivity index (χ0n) is 17.0. The van der Waals surface area contributed by atoms with Gasteiger partial charge in [-0.05, 0) is 37.7 Å². The molecule has 1 aliphatic heterocycles. The summed E-state index contributed by atoms with van der Waals surface area (Å²) < 4.78 is 30.9. The van der Waals surface area contributed by atoms with E-state index >= 15 is 0 Å². The predicted octanol–water partition coefficient (Wildman–Crippen LogP) is 1.45. The third-order valence-electron chi connectivity index (χ3n) is 7.20. The maximum absolute atomic E-state index is 12.8. The van der Waals surface area contributed by atoms with Crippen LogP contribution in [0.1, 0.15) is 25.7 Å². The minimum atomic E-state index is -3.01. The molecule has 9 heteroatoms. The maximum Gasteiger partial charge on any atom is 0.155 e. The van der Waals surface area contributed by atoms with Crippen LogP contribution in [-0.2, 0) is 14.6 Å². The van der Waals surface area contributed by atoms with Gasteiger partial charge in [0.15, 0.2) is 9.84 Å². The standard InChI is InChI=1S/C20H29N5O3S/c1-24(20-18-3-4-21-19(18)22-12-23-20)14-5-13(6-14)11-29(26,27)17-9-25(10-17)15-7-16(8-15)28-2/h3-4,12-17H,5-11H2,1-2H3,(H,21,22,23)/t13?,14?,15-,16+. The van der Waals surface area contributed by atoms with Crippen molar-refractivity contribution in [2.24, 2.45) is 5.92 Å². The van der Waals surface area contributed by atoms with Crippen molar-refractivity contribution in [3.05, 3.63) is 18.6 Å². The molecule has 29 heavy (non-hydrogen) atoms. The summed E-state index contributed by atoms with van der Waals surface area (Å²) in [6, 6.07) is 2.84. The molecule has 0 radical (unpaired) electrons. The Balaban J connectivity index is 1.12. The molecule has 8 nitrogen and oxygen atoms in total. The number of likely N-dealkylation sites (tertiary alicyclic amines) is 1. The summed E-state index contributed by atoms with van der Waals surface area (Å²) in [6.45, 7) is 1.40. The number of rotatable bonds is 7. The van der Waals surface area contributed by atoms with E-state index < -0.39 is 9.84 Å². The van der Waals surface area contributed by atoms with Crippen LogP contribution < -0.4 is 4.90 Å². The molecule has 3 heterocycles. The highest BCUT2D eigenvalue weighted by molar-refractivity contribution is 7.92. The van der Waals surface area contributed by atoms with Gasteiger partial charge in [-0.25, -0.2) is 18.4 Å². The Kier molecular flexibility index (Phi) is 4.79. The van der Waals surface area contributed by atoms with Gasteiger partial charge in [0, 0.05) is 45.5 Å². The second kappa shape index (κ2) is 7.21. The van der Waals surface area contributed by atoms with E-state index in [0.29, 0.717) is 37.0 Å². The zero-order chi connectivity index (χ0) is 20.2. The molecule has 0 amide bonds. The summed E-state index contributed by atoms with van der Waals surface area (Å²) in [6.07, 6.45) is 7.69. The van der Waals surface area contributed by atoms with Crippen molar-refractivity contribution in [2.45, 2.75) is 49.1 Å². The third-order valence-corrected chi connectivity index (χ3v) is 9.45. The number of nitrogens with one attached hydrogen (secondary N) is 1. The molecule has 0 unspecified atom stereocenters. The lowest BCUT2D eigenvalue weighted by Gasteiger charge is -2.50. The fraction of sp³-hybridized carbons (Fsp3) is 0.700. The second-order valence-electron chi connectivity index (χ2n) is 8.93. The van der Waals surface area contributed by atoms with Gasteiger partial charge in [0.2, 0.25) is 0 Å². The van der Waals surface area contributed by atoms with E-state index in [1.165, 1.54) is 0 Å². The van der Waals surface area contributed by atoms with Crippen LogP contribution in [0.5, 0.6) is 0 Å². The SMILES string of the molecule is CO[C@H]1C[C@@H](N2CC(S(=O)(=O)CC3CC(N(C)c4ncnc5[nH]ccc45)C3)C2)C1. The Morgan fingerprint density at radius 1 is 1.24 bits per heavy atom. The third kappa shape index (κ3) is 3.43. The normalized spacial score (nSPS) is 30.6. The number of ether oxygens (including phenoxy) is 1. The first-order chi connectivity index (χ1) is 13.9. The summed E-state index contributed by atoms with van der Waals surface area (Å²) in [4.78, 5) is 16.3. The number of methoxy groups -OCH3 is 1. The van der Waals surface area contributed by atoms with Crippen LogP contribution in [0.4, 0.5) is 5.82 Å². The molecule has 0 aromatic carbocycles. The molecule has 3 aliphatic rings. The van der Waals surface area contributed by atoms with Gasteiger partial charge in [0.25, 0.3) is 0 Å². The molecule has 5 rings (SSSR count). The van der Waals surface area contributed by atoms with E-state index in [-0.39, 0.29) is 11.2 Å². The van der Waals surface area contributed by atoms with Gasteiger partial charge in [-0.1, -0.05) is 0 Å². The zero-order valence-corrected chi connectivity index (χ0v) is 17.8. The number of sulfone groups is 1. The first-order valence-corrected chi connectivity index (χ1v) is 12.2. The van der Waals surface area contributed by atoms with Gasteiger partial charge in [0.05, 0.1) is 22.5 Å². The molecule has 2 aromatic rings. The summed E-state index contributed by atoms with van der Waals surface area (Å²) >= 11 is 0. The lowest BCUT2D eigenvalue weighted by Crippen LogP contribution is -2.63. The number of fused-ring (bicyclic) bond motifs is 1. The number of anilines is 1. The number of hydrogen-bond acceptors (Lipinski definition) is 7. The van der Waals surface area contributed by atoms with Crippen LogP contribution in [0.15, 0.2) is 18.6 Å². The largest absolute Gasteiger partial charge is 0.381 e. The lowest BCUT2D eigenvalue weighted by molar-refractivity contribution is -0.0445. The molecule has 0 atom stereocenters. The quantitative estimate of drug-likeness (QED) is 0.726. The van der Waals surface area contributed by atoms with Crippen molar-refractivity contribution in [2.75, 3.05) is 37.9 Å². The van der Waals surface area contributed by atoms with E-state index in [9.17, 15) is 8.42 Å². The van der Waals surface area contributed by atoms with Crippen LogP contribution >= 0.6 is 0 Å². The molecule has 1 saturated heterocycles. The van der Waals surface area contributed by atoms with Crippen molar-refractivity contribution < 1.29 is 13.2 Å². The fourth-order valence-electron chi connectivity index (χ4n) is 4.95. The summed E-state index contributed by atoms with van der Waals surface area (Å²) in [5.74, 6) is 1.49. The highest BCUT2D eigenvalue weighted by atomic mass is 32.2. The van der Waals surface area contributed by atoms with E-state index in [0.717, 1.165) is 42.5 Å². The van der Waals surface area contributed by atoms with Gasteiger partial charge < -0.3 is 14.6 Å². The molecule has 0 bridgehead atoms. The minimum Gasteiger partial charge on any atom is -0.381 e. The highest BCUT2D eigenvalue weighted by Gasteiger charge is 2.46. The second-order valence-corrected chi connectivity index (χ2v) is 11.3. The van der Waals surface area contributed by atoms with E-state index in [2.05, 4.69) is 24.8 Å². The highest BCUT2D eigenvalue weighted by Crippen LogP contribution is 2.38. The topological polar surface area (TPSA) is 91.4 Å². The first kappa shape index (κ1) is 19.3. The molecular weight excluding hydrogens is 390 g/mol. The maximum atomic E-state index is 12.8. The number of H-pyrrole nitrogens is 1. The Morgan fingerprint density at radius 3 is 2.72 bits per heavy atom. The Hall–Kier alpha value is -1.71. The van der Waals surface area contributed by atoms with Gasteiger partial charge in [-0.2, -0.15) is 0 Å². The molecule has 2 aromatic heterocycles. The molecule has 2 saturated carbocycles. The lowest BCUT2D eigenvalue weighted by atomic mass is 9.81. The first-order valence-electron chi connectivity index (χ1n) is 10.4. The van der Waals surface area contributed by atoms with Crippen LogP contribution in [0.3, 0.4) is 0 Å². The summed E-state index contributed by atoms with van der Waals surface area (Å²) in [5.41, 5.74) is 0.832. The fourth-order valence-corrected chi connectivity index (χ4v) is 6.99. The van der Waals surface area contributed by atoms with Crippen molar-refractivity contribution in [1.29, 1.82) is 0 Å². The van der Waals surface area contributed by atoms with E-state index in [4.69, 9.17) is 4.74 Å². The van der Waals surface area contributed by atoms with Gasteiger partial charge in [-0.3, -0.25) is 4.90 Å². The number of aromatic nitrogens is 3. The molecular formula is C20H29N5O3S. The Bertz CT molecular complexity index is 975. The van der Waals surface area contributed by atoms with Gasteiger partial charge in [0.1, 0.15) is 17.8 Å². The van der Waals surface area contributed by atoms with Gasteiger partial charge >= 0.3 is 0 Å². The number of aromatic amines is 1. The summed E-state index contributed by atoms with van der Waals surface area (Å²) in [7, 11) is 0.776. The van der Waals surface area contributed by atoms with Crippen LogP contribution in [0.2, 0.25) is 0 Å². The van der Waals surface area contributed by atoms with Crippen LogP contribution in [-0.4, -0.2) is 84.7 Å². The van der Waals surface area contributed by atoms with Crippen molar-refractivity contribution in [1.82, 2.24) is 19.9 Å². The molecule has 158 valence electrons. The molecule has 1 N–H and O–H groups in total. The van der Waals surface area contributed by atoms with E-state index in [1.54, 1.807) is 13.4 Å². The van der Waals surface area contributed by atoms with Crippen molar-refractivity contribution in [3.63, 3.8) is 0 Å². The Labute approximate surface area is 171 Å². The smallest absolute Gasteiger partial charge is 0.155 e. The van der Waals surface area contributed by atoms with Crippen LogP contribution in [0.25, 0.3) is 11.0 Å². The summed E-state index contributed by atoms with van der Waals surface area (Å²) in [5, 5.41) is 0.828. The minimum absolute atomic E-state index is 0.179. The average Bonchev–Trinajstić information content (AvgIpc) is 3.06. The molecule has 0 spiro atoms. The predicted molar refractivity (Wildman–Crippen MR) is 112 cm³/mol. The average molecular weight is 420 g/mol.